The second kappa shape index (κ2) is 4.39. The first kappa shape index (κ1) is 9.44. The van der Waals surface area contributed by atoms with E-state index < -0.39 is 0 Å². The van der Waals surface area contributed by atoms with Gasteiger partial charge in [0.15, 0.2) is 0 Å². The van der Waals surface area contributed by atoms with Crippen molar-refractivity contribution < 1.29 is 0 Å². The number of benzene rings is 1. The fourth-order valence-electron chi connectivity index (χ4n) is 0.826. The zero-order valence-corrected chi connectivity index (χ0v) is 8.19. The van der Waals surface area contributed by atoms with Crippen molar-refractivity contribution in [3.8, 4) is 6.07 Å². The third-order valence-electron chi connectivity index (χ3n) is 1.26. The van der Waals surface area contributed by atoms with Crippen LogP contribution in [0.25, 0.3) is 0 Å². The van der Waals surface area contributed by atoms with Gasteiger partial charge in [0.05, 0.1) is 16.3 Å². The van der Waals surface area contributed by atoms with Crippen molar-refractivity contribution in [2.45, 2.75) is 16.5 Å². The molecule has 1 rings (SSSR count). The number of alkyl halides is 1. The van der Waals surface area contributed by atoms with E-state index >= 15 is 0 Å². The molecule has 1 aromatic rings. The molecule has 0 N–H and O–H groups in total. The molecule has 0 spiro atoms. The maximum absolute atomic E-state index is 8.60. The average molecular weight is 198 g/mol. The molecule has 0 radical (unpaired) electrons. The Bertz CT molecular complexity index is 304. The van der Waals surface area contributed by atoms with E-state index in [0.717, 1.165) is 4.90 Å². The number of hydrogen-bond donors (Lipinski definition) is 0. The van der Waals surface area contributed by atoms with Crippen LogP contribution in [0.2, 0.25) is 0 Å². The quantitative estimate of drug-likeness (QED) is 0.537. The Hall–Kier alpha value is -0.650. The van der Waals surface area contributed by atoms with Gasteiger partial charge in [0.25, 0.3) is 0 Å². The van der Waals surface area contributed by atoms with Gasteiger partial charge >= 0.3 is 0 Å². The first-order chi connectivity index (χ1) is 5.72. The minimum Gasteiger partial charge on any atom is -0.192 e. The summed E-state index contributed by atoms with van der Waals surface area (Å²) in [6.45, 7) is 1.91. The zero-order chi connectivity index (χ0) is 8.97. The SMILES string of the molecule is CC(Cl)Sc1cccc(C#N)c1. The second-order valence-corrected chi connectivity index (χ2v) is 4.63. The molecule has 0 aliphatic heterocycles. The molecule has 1 aromatic carbocycles. The third kappa shape index (κ3) is 2.77. The monoisotopic (exact) mass is 197 g/mol. The second-order valence-electron chi connectivity index (χ2n) is 2.30. The molecule has 0 saturated heterocycles. The van der Waals surface area contributed by atoms with Gasteiger partial charge in [0.1, 0.15) is 0 Å². The Labute approximate surface area is 81.3 Å². The van der Waals surface area contributed by atoms with E-state index in [1.165, 1.54) is 0 Å². The summed E-state index contributed by atoms with van der Waals surface area (Å²) in [6.07, 6.45) is 0. The van der Waals surface area contributed by atoms with Crippen LogP contribution in [0.15, 0.2) is 29.2 Å². The van der Waals surface area contributed by atoms with Gasteiger partial charge in [-0.25, -0.2) is 0 Å². The van der Waals surface area contributed by atoms with E-state index in [9.17, 15) is 0 Å². The summed E-state index contributed by atoms with van der Waals surface area (Å²) in [5.74, 6) is 0. The molecule has 0 bridgehead atoms. The number of nitriles is 1. The third-order valence-corrected chi connectivity index (χ3v) is 2.38. The molecule has 0 amide bonds. The molecule has 1 nitrogen and oxygen atoms in total. The van der Waals surface area contributed by atoms with E-state index in [1.807, 2.05) is 25.1 Å². The molecule has 0 heterocycles. The molecule has 1 atom stereocenters. The molecular formula is C9H8ClNS. The van der Waals surface area contributed by atoms with E-state index in [4.69, 9.17) is 16.9 Å². The Balaban J connectivity index is 2.81. The molecule has 0 aromatic heterocycles. The van der Waals surface area contributed by atoms with E-state index in [0.29, 0.717) is 5.56 Å². The largest absolute Gasteiger partial charge is 0.192 e. The zero-order valence-electron chi connectivity index (χ0n) is 6.62. The fourth-order valence-corrected chi connectivity index (χ4v) is 1.86. The predicted molar refractivity (Wildman–Crippen MR) is 52.3 cm³/mol. The van der Waals surface area contributed by atoms with Gasteiger partial charge < -0.3 is 0 Å². The molecule has 0 aliphatic rings. The molecule has 1 unspecified atom stereocenters. The first-order valence-corrected chi connectivity index (χ1v) is 4.85. The predicted octanol–water partition coefficient (Wildman–Crippen LogP) is 3.24. The Morgan fingerprint density at radius 2 is 2.33 bits per heavy atom. The van der Waals surface area contributed by atoms with Crippen molar-refractivity contribution in [3.05, 3.63) is 29.8 Å². The summed E-state index contributed by atoms with van der Waals surface area (Å²) in [4.78, 5) is 1.04. The maximum Gasteiger partial charge on any atom is 0.0992 e. The maximum atomic E-state index is 8.60. The van der Waals surface area contributed by atoms with Crippen LogP contribution in [0.5, 0.6) is 0 Å². The van der Waals surface area contributed by atoms with Crippen molar-refractivity contribution >= 4 is 23.4 Å². The highest BCUT2D eigenvalue weighted by Crippen LogP contribution is 2.25. The lowest BCUT2D eigenvalue weighted by Crippen LogP contribution is -1.82. The van der Waals surface area contributed by atoms with Crippen molar-refractivity contribution in [3.63, 3.8) is 0 Å². The van der Waals surface area contributed by atoms with Gasteiger partial charge in [-0.3, -0.25) is 0 Å². The van der Waals surface area contributed by atoms with Crippen LogP contribution in [0.4, 0.5) is 0 Å². The standard InChI is InChI=1S/C9H8ClNS/c1-7(10)12-9-4-2-3-8(5-9)6-11/h2-5,7H,1H3. The molecule has 12 heavy (non-hydrogen) atoms. The van der Waals surface area contributed by atoms with Gasteiger partial charge in [-0.1, -0.05) is 6.07 Å². The van der Waals surface area contributed by atoms with E-state index in [1.54, 1.807) is 17.8 Å². The number of thioether (sulfide) groups is 1. The molecule has 62 valence electrons. The van der Waals surface area contributed by atoms with Crippen LogP contribution in [0.1, 0.15) is 12.5 Å². The number of hydrogen-bond acceptors (Lipinski definition) is 2. The Morgan fingerprint density at radius 3 is 2.92 bits per heavy atom. The summed E-state index contributed by atoms with van der Waals surface area (Å²) < 4.78 is 0.0407. The lowest BCUT2D eigenvalue weighted by atomic mass is 10.2. The molecule has 3 heteroatoms. The van der Waals surface area contributed by atoms with Gasteiger partial charge in [-0.15, -0.1) is 23.4 Å². The lowest BCUT2D eigenvalue weighted by Gasteiger charge is -2.01. The van der Waals surface area contributed by atoms with Crippen LogP contribution < -0.4 is 0 Å². The van der Waals surface area contributed by atoms with Crippen molar-refractivity contribution in [2.24, 2.45) is 0 Å². The van der Waals surface area contributed by atoms with Crippen molar-refractivity contribution in [1.29, 1.82) is 5.26 Å². The molecular weight excluding hydrogens is 190 g/mol. The highest BCUT2D eigenvalue weighted by Gasteiger charge is 1.99. The summed E-state index contributed by atoms with van der Waals surface area (Å²) in [7, 11) is 0. The average Bonchev–Trinajstić information content (AvgIpc) is 2.03. The number of nitrogens with zero attached hydrogens (tertiary/aromatic N) is 1. The van der Waals surface area contributed by atoms with E-state index in [2.05, 4.69) is 6.07 Å². The molecule has 0 aliphatic carbocycles. The van der Waals surface area contributed by atoms with Crippen LogP contribution >= 0.6 is 23.4 Å². The Morgan fingerprint density at radius 1 is 1.58 bits per heavy atom. The summed E-state index contributed by atoms with van der Waals surface area (Å²) in [5, 5.41) is 8.60. The number of rotatable bonds is 2. The minimum atomic E-state index is 0.0407. The summed E-state index contributed by atoms with van der Waals surface area (Å²) in [6, 6.07) is 9.51. The van der Waals surface area contributed by atoms with Crippen LogP contribution in [-0.2, 0) is 0 Å². The Kier molecular flexibility index (Phi) is 3.46. The topological polar surface area (TPSA) is 23.8 Å². The summed E-state index contributed by atoms with van der Waals surface area (Å²) >= 11 is 7.33. The number of halogens is 1. The molecule has 0 saturated carbocycles. The van der Waals surface area contributed by atoms with Crippen LogP contribution in [0.3, 0.4) is 0 Å². The minimum absolute atomic E-state index is 0.0407. The van der Waals surface area contributed by atoms with Gasteiger partial charge in [0, 0.05) is 4.90 Å². The van der Waals surface area contributed by atoms with Crippen molar-refractivity contribution in [1.82, 2.24) is 0 Å². The fraction of sp³-hybridized carbons (Fsp3) is 0.222. The van der Waals surface area contributed by atoms with E-state index in [-0.39, 0.29) is 4.71 Å². The van der Waals surface area contributed by atoms with Gasteiger partial charge in [-0.05, 0) is 25.1 Å². The van der Waals surface area contributed by atoms with Gasteiger partial charge in [-0.2, -0.15) is 5.26 Å². The summed E-state index contributed by atoms with van der Waals surface area (Å²) in [5.41, 5.74) is 0.678. The molecule has 0 fully saturated rings. The first-order valence-electron chi connectivity index (χ1n) is 3.53. The highest BCUT2D eigenvalue weighted by molar-refractivity contribution is 8.01. The van der Waals surface area contributed by atoms with Gasteiger partial charge in [0.2, 0.25) is 0 Å². The smallest absolute Gasteiger partial charge is 0.0992 e. The highest BCUT2D eigenvalue weighted by atomic mass is 35.5. The van der Waals surface area contributed by atoms with Crippen LogP contribution in [0, 0.1) is 11.3 Å². The normalized spacial score (nSPS) is 12.1. The lowest BCUT2D eigenvalue weighted by molar-refractivity contribution is 1.35. The van der Waals surface area contributed by atoms with Crippen molar-refractivity contribution in [2.75, 3.05) is 0 Å². The van der Waals surface area contributed by atoms with Crippen LogP contribution in [-0.4, -0.2) is 4.71 Å².